The molecule has 42 heavy (non-hydrogen) atoms. The van der Waals surface area contributed by atoms with Crippen LogP contribution in [0, 0.1) is 41.4 Å². The topological polar surface area (TPSA) is 149 Å². The zero-order chi connectivity index (χ0) is 31.7. The molecule has 0 aromatic rings. The predicted octanol–water partition coefficient (Wildman–Crippen LogP) is 4.56. The first kappa shape index (κ1) is 35.3. The van der Waals surface area contributed by atoms with E-state index in [2.05, 4.69) is 60.1 Å². The lowest BCUT2D eigenvalue weighted by Gasteiger charge is -2.40. The molecule has 2 aliphatic rings. The summed E-state index contributed by atoms with van der Waals surface area (Å²) in [5.41, 5.74) is 9.03. The smallest absolute Gasteiger partial charge is 0.317 e. The van der Waals surface area contributed by atoms with E-state index in [-0.39, 0.29) is 53.4 Å². The first-order valence-electron chi connectivity index (χ1n) is 14.2. The van der Waals surface area contributed by atoms with Gasteiger partial charge in [0.15, 0.2) is 20.6 Å². The first-order valence-corrected chi connectivity index (χ1v) is 17.1. The summed E-state index contributed by atoms with van der Waals surface area (Å²) in [6.45, 7) is 12.5. The SMILES string of the molecule is COC(=O)[C@@H](N=[N+]=[N-])[C@H](CCNC(=O)/C=C/C#CC[C@@H]1[C@H]2C=C[C@H](C)[C@H]2C(=O)[C@H]1C(OC)OC)O[Si](C)(C)C(C)(C)C. The highest BCUT2D eigenvalue weighted by molar-refractivity contribution is 6.74. The molecule has 2 aliphatic carbocycles. The standard InChI is InChI=1S/C30H46N4O7Si/c1-19-15-16-21-20(25(27(36)24(19)21)29(39-6)40-7)13-11-10-12-14-23(35)32-18-17-22(26(33-34-31)28(37)38-5)41-42(8,9)30(2,3)4/h12,14-16,19-22,24-26,29H,13,17-18H2,1-9H3,(H,32,35)/b14-12+/t19-,20+,21+,22-,24+,25-,26-/m0/s1. The molecule has 0 spiro atoms. The number of allylic oxidation sites excluding steroid dienone is 3. The summed E-state index contributed by atoms with van der Waals surface area (Å²) in [6.07, 6.45) is 6.31. The van der Waals surface area contributed by atoms with Gasteiger partial charge in [-0.2, -0.15) is 0 Å². The minimum Gasteiger partial charge on any atom is -0.469 e. The number of ketones is 1. The number of nitrogens with zero attached hydrogens (tertiary/aromatic N) is 3. The molecule has 0 saturated heterocycles. The number of fused-ring (bicyclic) bond motifs is 1. The van der Waals surface area contributed by atoms with Gasteiger partial charge in [0, 0.05) is 44.1 Å². The molecule has 12 heteroatoms. The number of carbonyl (C=O) groups is 3. The molecular weight excluding hydrogens is 556 g/mol. The molecule has 0 unspecified atom stereocenters. The van der Waals surface area contributed by atoms with E-state index in [1.807, 2.05) is 20.0 Å². The number of hydrogen-bond donors (Lipinski definition) is 1. The molecule has 1 N–H and O–H groups in total. The van der Waals surface area contributed by atoms with E-state index in [0.717, 1.165) is 0 Å². The molecule has 2 rings (SSSR count). The van der Waals surface area contributed by atoms with Crippen molar-refractivity contribution in [2.24, 2.45) is 34.7 Å². The van der Waals surface area contributed by atoms with E-state index in [4.69, 9.17) is 24.2 Å². The van der Waals surface area contributed by atoms with Crippen LogP contribution in [0.3, 0.4) is 0 Å². The largest absolute Gasteiger partial charge is 0.469 e. The Morgan fingerprint density at radius 2 is 1.88 bits per heavy atom. The average Bonchev–Trinajstić information content (AvgIpc) is 3.44. The van der Waals surface area contributed by atoms with Crippen molar-refractivity contribution in [3.05, 3.63) is 34.7 Å². The van der Waals surface area contributed by atoms with E-state index < -0.39 is 38.6 Å². The normalized spacial score (nSPS) is 25.0. The number of methoxy groups -OCH3 is 3. The van der Waals surface area contributed by atoms with Crippen LogP contribution in [0.1, 0.15) is 40.5 Å². The average molecular weight is 603 g/mol. The lowest BCUT2D eigenvalue weighted by Crippen LogP contribution is -2.49. The Bertz CT molecular complexity index is 1140. The van der Waals surface area contributed by atoms with Gasteiger partial charge in [-0.25, -0.2) is 0 Å². The maximum atomic E-state index is 13.2. The minimum absolute atomic E-state index is 0.0417. The summed E-state index contributed by atoms with van der Waals surface area (Å²) in [6, 6.07) is -1.17. The number of amides is 1. The summed E-state index contributed by atoms with van der Waals surface area (Å²) in [7, 11) is 1.94. The van der Waals surface area contributed by atoms with Crippen molar-refractivity contribution in [1.82, 2.24) is 5.32 Å². The third-order valence-electron chi connectivity index (χ3n) is 8.70. The van der Waals surface area contributed by atoms with E-state index in [0.29, 0.717) is 6.42 Å². The molecule has 0 aromatic carbocycles. The van der Waals surface area contributed by atoms with E-state index in [1.54, 1.807) is 0 Å². The van der Waals surface area contributed by atoms with Crippen molar-refractivity contribution >= 4 is 26.0 Å². The number of carbonyl (C=O) groups excluding carboxylic acids is 3. The van der Waals surface area contributed by atoms with Crippen LogP contribution in [0.5, 0.6) is 0 Å². The second kappa shape index (κ2) is 15.5. The van der Waals surface area contributed by atoms with E-state index >= 15 is 0 Å². The summed E-state index contributed by atoms with van der Waals surface area (Å²) < 4.78 is 22.1. The van der Waals surface area contributed by atoms with Crippen LogP contribution < -0.4 is 5.32 Å². The first-order chi connectivity index (χ1) is 19.7. The third-order valence-corrected chi connectivity index (χ3v) is 13.2. The van der Waals surface area contributed by atoms with E-state index in [9.17, 15) is 14.4 Å². The van der Waals surface area contributed by atoms with Gasteiger partial charge < -0.3 is 24.0 Å². The summed E-state index contributed by atoms with van der Waals surface area (Å²) in [4.78, 5) is 40.8. The number of ether oxygens (including phenoxy) is 3. The van der Waals surface area contributed by atoms with Gasteiger partial charge >= 0.3 is 5.97 Å². The van der Waals surface area contributed by atoms with Crippen molar-refractivity contribution in [1.29, 1.82) is 0 Å². The molecule has 0 aliphatic heterocycles. The molecule has 1 amide bonds. The highest BCUT2D eigenvalue weighted by Crippen LogP contribution is 2.50. The molecule has 232 valence electrons. The van der Waals surface area contributed by atoms with Crippen molar-refractivity contribution in [2.75, 3.05) is 27.9 Å². The van der Waals surface area contributed by atoms with Gasteiger partial charge in [0.05, 0.1) is 19.1 Å². The predicted molar refractivity (Wildman–Crippen MR) is 161 cm³/mol. The Kier molecular flexibility index (Phi) is 13.0. The number of nitrogens with one attached hydrogen (secondary N) is 1. The third kappa shape index (κ3) is 8.55. The van der Waals surface area contributed by atoms with Gasteiger partial charge in [-0.1, -0.05) is 56.8 Å². The fourth-order valence-electron chi connectivity index (χ4n) is 5.45. The Morgan fingerprint density at radius 3 is 2.45 bits per heavy atom. The molecule has 11 nitrogen and oxygen atoms in total. The van der Waals surface area contributed by atoms with E-state index in [1.165, 1.54) is 33.5 Å². The van der Waals surface area contributed by atoms with Crippen molar-refractivity contribution < 1.29 is 33.0 Å². The molecule has 7 atom stereocenters. The maximum absolute atomic E-state index is 13.2. The minimum atomic E-state index is -2.35. The van der Waals surface area contributed by atoms with Crippen LogP contribution in [-0.4, -0.2) is 72.3 Å². The lowest BCUT2D eigenvalue weighted by atomic mass is 9.85. The molecule has 0 bridgehead atoms. The van der Waals surface area contributed by atoms with Crippen LogP contribution in [0.15, 0.2) is 29.4 Å². The summed E-state index contributed by atoms with van der Waals surface area (Å²) in [5, 5.41) is 6.25. The Labute approximate surface area is 250 Å². The van der Waals surface area contributed by atoms with Crippen molar-refractivity contribution in [3.63, 3.8) is 0 Å². The van der Waals surface area contributed by atoms with Crippen LogP contribution >= 0.6 is 0 Å². The Balaban J connectivity index is 2.03. The summed E-state index contributed by atoms with van der Waals surface area (Å²) >= 11 is 0. The summed E-state index contributed by atoms with van der Waals surface area (Å²) in [5.74, 6) is 4.83. The van der Waals surface area contributed by atoms with Crippen molar-refractivity contribution in [3.8, 4) is 11.8 Å². The van der Waals surface area contributed by atoms with Gasteiger partial charge in [0.1, 0.15) is 5.78 Å². The Morgan fingerprint density at radius 1 is 1.21 bits per heavy atom. The monoisotopic (exact) mass is 602 g/mol. The highest BCUT2D eigenvalue weighted by atomic mass is 28.4. The number of rotatable bonds is 13. The van der Waals surface area contributed by atoms with Gasteiger partial charge in [-0.3, -0.25) is 14.4 Å². The van der Waals surface area contributed by atoms with Crippen molar-refractivity contribution in [2.45, 2.75) is 77.1 Å². The molecule has 1 saturated carbocycles. The zero-order valence-corrected chi connectivity index (χ0v) is 27.2. The van der Waals surface area contributed by atoms with Crippen LogP contribution in [0.4, 0.5) is 0 Å². The van der Waals surface area contributed by atoms with Gasteiger partial charge in [0.2, 0.25) is 5.91 Å². The fourth-order valence-corrected chi connectivity index (χ4v) is 6.81. The molecule has 0 radical (unpaired) electrons. The van der Waals surface area contributed by atoms with Crippen LogP contribution in [0.25, 0.3) is 10.4 Å². The quantitative estimate of drug-likeness (QED) is 0.0374. The number of Topliss-reactive ketones (excluding diaryl/α,β-unsaturated/α-hetero) is 1. The number of hydrogen-bond acceptors (Lipinski definition) is 8. The fraction of sp³-hybridized carbons (Fsp3) is 0.700. The molecule has 1 fully saturated rings. The number of azide groups is 1. The van der Waals surface area contributed by atoms with Gasteiger partial charge in [-0.05, 0) is 53.9 Å². The van der Waals surface area contributed by atoms with Crippen LogP contribution in [0.2, 0.25) is 18.1 Å². The zero-order valence-electron chi connectivity index (χ0n) is 26.2. The Hall–Kier alpha value is -2.94. The molecule has 0 heterocycles. The molecule has 0 aromatic heterocycles. The second-order valence-corrected chi connectivity index (χ2v) is 17.1. The van der Waals surface area contributed by atoms with Crippen LogP contribution in [-0.2, 0) is 33.0 Å². The highest BCUT2D eigenvalue weighted by Gasteiger charge is 2.54. The number of esters is 1. The molecular formula is C30H46N4O7Si. The second-order valence-electron chi connectivity index (χ2n) is 12.3. The lowest BCUT2D eigenvalue weighted by molar-refractivity contribution is -0.160. The van der Waals surface area contributed by atoms with Gasteiger partial charge in [-0.15, -0.1) is 0 Å². The maximum Gasteiger partial charge on any atom is 0.317 e. The van der Waals surface area contributed by atoms with Gasteiger partial charge in [0.25, 0.3) is 0 Å².